The average molecular weight is 115 g/mol. The third-order valence-corrected chi connectivity index (χ3v) is 1.59. The molecule has 0 spiro atoms. The predicted octanol–water partition coefficient (Wildman–Crippen LogP) is 0.370. The van der Waals surface area contributed by atoms with E-state index in [-0.39, 0.29) is 0 Å². The zero-order valence-electron chi connectivity index (χ0n) is 5.26. The van der Waals surface area contributed by atoms with Gasteiger partial charge >= 0.3 is 0 Å². The third kappa shape index (κ3) is 1.46. The minimum absolute atomic E-state index is 0.306. The average Bonchev–Trinajstić information content (AvgIpc) is 2.45. The summed E-state index contributed by atoms with van der Waals surface area (Å²) in [5, 5.41) is 0. The Kier molecular flexibility index (Phi) is 1.86. The smallest absolute Gasteiger partial charge is 0.0616 e. The highest BCUT2D eigenvalue weighted by Crippen LogP contribution is 2.31. The van der Waals surface area contributed by atoms with Crippen molar-refractivity contribution in [3.8, 4) is 0 Å². The molecule has 1 saturated carbocycles. The van der Waals surface area contributed by atoms with Crippen molar-refractivity contribution < 1.29 is 4.74 Å². The molecule has 2 N–H and O–H groups in total. The summed E-state index contributed by atoms with van der Waals surface area (Å²) in [7, 11) is 1.70. The standard InChI is InChI=1S/C6H13NO/c1-8-4-6(7)5-2-3-5/h5-6H,2-4,7H2,1H3/t6-/m0/s1. The lowest BCUT2D eigenvalue weighted by Gasteiger charge is -2.06. The fourth-order valence-electron chi connectivity index (χ4n) is 0.853. The van der Waals surface area contributed by atoms with Crippen LogP contribution in [0.1, 0.15) is 12.8 Å². The molecule has 1 atom stereocenters. The Labute approximate surface area is 50.0 Å². The van der Waals surface area contributed by atoms with E-state index in [9.17, 15) is 0 Å². The molecule has 0 amide bonds. The van der Waals surface area contributed by atoms with E-state index in [1.807, 2.05) is 0 Å². The summed E-state index contributed by atoms with van der Waals surface area (Å²) in [6.07, 6.45) is 2.62. The normalized spacial score (nSPS) is 23.2. The third-order valence-electron chi connectivity index (χ3n) is 1.59. The van der Waals surface area contributed by atoms with Crippen molar-refractivity contribution in [1.82, 2.24) is 0 Å². The highest BCUT2D eigenvalue weighted by molar-refractivity contribution is 4.83. The second-order valence-corrected chi connectivity index (χ2v) is 2.46. The molecular formula is C6H13NO. The molecule has 1 aliphatic carbocycles. The maximum absolute atomic E-state index is 5.66. The van der Waals surface area contributed by atoms with Crippen molar-refractivity contribution in [1.29, 1.82) is 0 Å². The lowest BCUT2D eigenvalue weighted by Crippen LogP contribution is -2.27. The summed E-state index contributed by atoms with van der Waals surface area (Å²) in [6.45, 7) is 0.727. The van der Waals surface area contributed by atoms with Crippen LogP contribution in [0.4, 0.5) is 0 Å². The van der Waals surface area contributed by atoms with E-state index >= 15 is 0 Å². The van der Waals surface area contributed by atoms with E-state index < -0.39 is 0 Å². The Morgan fingerprint density at radius 1 is 1.75 bits per heavy atom. The highest BCUT2D eigenvalue weighted by Gasteiger charge is 2.27. The summed E-state index contributed by atoms with van der Waals surface area (Å²) in [5.74, 6) is 0.773. The van der Waals surface area contributed by atoms with Crippen LogP contribution < -0.4 is 5.73 Å². The number of methoxy groups -OCH3 is 1. The molecule has 2 heteroatoms. The Morgan fingerprint density at radius 3 is 2.75 bits per heavy atom. The van der Waals surface area contributed by atoms with Crippen LogP contribution in [-0.2, 0) is 4.74 Å². The molecular weight excluding hydrogens is 102 g/mol. The molecule has 1 rings (SSSR count). The number of hydrogen-bond acceptors (Lipinski definition) is 2. The van der Waals surface area contributed by atoms with E-state index in [0.717, 1.165) is 12.5 Å². The largest absolute Gasteiger partial charge is 0.383 e. The lowest BCUT2D eigenvalue weighted by atomic mass is 10.2. The van der Waals surface area contributed by atoms with Crippen LogP contribution in [0.15, 0.2) is 0 Å². The van der Waals surface area contributed by atoms with Crippen molar-refractivity contribution >= 4 is 0 Å². The Bertz CT molecular complexity index is 70.9. The molecule has 0 radical (unpaired) electrons. The maximum atomic E-state index is 5.66. The number of ether oxygens (including phenoxy) is 1. The van der Waals surface area contributed by atoms with Crippen LogP contribution in [-0.4, -0.2) is 19.8 Å². The number of hydrogen-bond donors (Lipinski definition) is 1. The first kappa shape index (κ1) is 6.05. The van der Waals surface area contributed by atoms with Crippen LogP contribution in [0.5, 0.6) is 0 Å². The molecule has 48 valence electrons. The van der Waals surface area contributed by atoms with Crippen LogP contribution in [0, 0.1) is 5.92 Å². The van der Waals surface area contributed by atoms with Gasteiger partial charge in [0.2, 0.25) is 0 Å². The van der Waals surface area contributed by atoms with Gasteiger partial charge in [0, 0.05) is 13.2 Å². The zero-order chi connectivity index (χ0) is 5.98. The SMILES string of the molecule is COC[C@H](N)C1CC1. The van der Waals surface area contributed by atoms with Crippen molar-refractivity contribution in [3.63, 3.8) is 0 Å². The van der Waals surface area contributed by atoms with Crippen molar-refractivity contribution in [3.05, 3.63) is 0 Å². The van der Waals surface area contributed by atoms with Crippen molar-refractivity contribution in [2.24, 2.45) is 11.7 Å². The second kappa shape index (κ2) is 2.46. The first-order valence-electron chi connectivity index (χ1n) is 3.09. The molecule has 0 saturated heterocycles. The molecule has 8 heavy (non-hydrogen) atoms. The molecule has 0 aromatic heterocycles. The Hall–Kier alpha value is -0.0800. The Morgan fingerprint density at radius 2 is 2.38 bits per heavy atom. The summed E-state index contributed by atoms with van der Waals surface area (Å²) in [4.78, 5) is 0. The molecule has 0 heterocycles. The first-order valence-corrected chi connectivity index (χ1v) is 3.09. The maximum Gasteiger partial charge on any atom is 0.0616 e. The van der Waals surface area contributed by atoms with E-state index in [4.69, 9.17) is 10.5 Å². The minimum atomic E-state index is 0.306. The Balaban J connectivity index is 2.03. The highest BCUT2D eigenvalue weighted by atomic mass is 16.5. The summed E-state index contributed by atoms with van der Waals surface area (Å²) < 4.78 is 4.88. The van der Waals surface area contributed by atoms with Crippen LogP contribution in [0.3, 0.4) is 0 Å². The van der Waals surface area contributed by atoms with E-state index in [1.165, 1.54) is 12.8 Å². The van der Waals surface area contributed by atoms with Gasteiger partial charge in [0.25, 0.3) is 0 Å². The van der Waals surface area contributed by atoms with E-state index in [2.05, 4.69) is 0 Å². The van der Waals surface area contributed by atoms with Gasteiger partial charge in [-0.3, -0.25) is 0 Å². The zero-order valence-corrected chi connectivity index (χ0v) is 5.26. The number of nitrogens with two attached hydrogens (primary N) is 1. The summed E-state index contributed by atoms with van der Waals surface area (Å²) >= 11 is 0. The van der Waals surface area contributed by atoms with Gasteiger partial charge in [-0.2, -0.15) is 0 Å². The van der Waals surface area contributed by atoms with Crippen LogP contribution in [0.2, 0.25) is 0 Å². The number of rotatable bonds is 3. The molecule has 0 aromatic carbocycles. The van der Waals surface area contributed by atoms with Crippen LogP contribution >= 0.6 is 0 Å². The molecule has 1 fully saturated rings. The van der Waals surface area contributed by atoms with Gasteiger partial charge in [-0.1, -0.05) is 0 Å². The molecule has 0 aliphatic heterocycles. The molecule has 0 aromatic rings. The second-order valence-electron chi connectivity index (χ2n) is 2.46. The van der Waals surface area contributed by atoms with Gasteiger partial charge in [-0.25, -0.2) is 0 Å². The quantitative estimate of drug-likeness (QED) is 0.576. The first-order chi connectivity index (χ1) is 3.84. The minimum Gasteiger partial charge on any atom is -0.383 e. The summed E-state index contributed by atoms with van der Waals surface area (Å²) in [5.41, 5.74) is 5.66. The molecule has 2 nitrogen and oxygen atoms in total. The fourth-order valence-corrected chi connectivity index (χ4v) is 0.853. The van der Waals surface area contributed by atoms with E-state index in [1.54, 1.807) is 7.11 Å². The van der Waals surface area contributed by atoms with E-state index in [0.29, 0.717) is 6.04 Å². The van der Waals surface area contributed by atoms with Crippen molar-refractivity contribution in [2.75, 3.05) is 13.7 Å². The fraction of sp³-hybridized carbons (Fsp3) is 1.00. The molecule has 1 aliphatic rings. The monoisotopic (exact) mass is 115 g/mol. The van der Waals surface area contributed by atoms with Gasteiger partial charge in [0.15, 0.2) is 0 Å². The van der Waals surface area contributed by atoms with Crippen LogP contribution in [0.25, 0.3) is 0 Å². The van der Waals surface area contributed by atoms with Gasteiger partial charge in [0.1, 0.15) is 0 Å². The molecule has 0 bridgehead atoms. The van der Waals surface area contributed by atoms with Crippen molar-refractivity contribution in [2.45, 2.75) is 18.9 Å². The predicted molar refractivity (Wildman–Crippen MR) is 32.6 cm³/mol. The van der Waals surface area contributed by atoms with Gasteiger partial charge in [-0.15, -0.1) is 0 Å². The summed E-state index contributed by atoms with van der Waals surface area (Å²) in [6, 6.07) is 0.306. The molecule has 0 unspecified atom stereocenters. The van der Waals surface area contributed by atoms with Gasteiger partial charge in [-0.05, 0) is 18.8 Å². The van der Waals surface area contributed by atoms with Gasteiger partial charge in [0.05, 0.1) is 6.61 Å². The topological polar surface area (TPSA) is 35.2 Å². The van der Waals surface area contributed by atoms with Gasteiger partial charge < -0.3 is 10.5 Å². The lowest BCUT2D eigenvalue weighted by molar-refractivity contribution is 0.173.